The SMILES string of the molecule is C=CCNC(=O)c1ccccc1NC(=O)Cn1cc([N+](=O)[O-])ccc1=O. The van der Waals surface area contributed by atoms with Crippen molar-refractivity contribution in [2.75, 3.05) is 11.9 Å². The predicted octanol–water partition coefficient (Wildman–Crippen LogP) is 1.31. The van der Waals surface area contributed by atoms with E-state index in [1.54, 1.807) is 12.1 Å². The number of aromatic nitrogens is 1. The molecule has 0 saturated carbocycles. The van der Waals surface area contributed by atoms with Crippen molar-refractivity contribution < 1.29 is 14.5 Å². The topological polar surface area (TPSA) is 123 Å². The maximum absolute atomic E-state index is 12.2. The van der Waals surface area contributed by atoms with Crippen LogP contribution in [-0.4, -0.2) is 27.8 Å². The van der Waals surface area contributed by atoms with Crippen LogP contribution in [0.3, 0.4) is 0 Å². The van der Waals surface area contributed by atoms with Crippen molar-refractivity contribution in [2.24, 2.45) is 0 Å². The molecule has 0 spiro atoms. The maximum Gasteiger partial charge on any atom is 0.285 e. The fourth-order valence-electron chi connectivity index (χ4n) is 2.14. The Hall–Kier alpha value is -3.75. The van der Waals surface area contributed by atoms with Crippen LogP contribution in [0.15, 0.2) is 60.0 Å². The molecule has 0 aliphatic carbocycles. The quantitative estimate of drug-likeness (QED) is 0.440. The minimum absolute atomic E-state index is 0.245. The second kappa shape index (κ2) is 8.38. The molecule has 0 saturated heterocycles. The fourth-order valence-corrected chi connectivity index (χ4v) is 2.14. The van der Waals surface area contributed by atoms with Gasteiger partial charge in [-0.25, -0.2) is 0 Å². The molecular formula is C17H16N4O5. The molecule has 0 aliphatic rings. The van der Waals surface area contributed by atoms with Crippen LogP contribution in [-0.2, 0) is 11.3 Å². The van der Waals surface area contributed by atoms with Crippen LogP contribution < -0.4 is 16.2 Å². The van der Waals surface area contributed by atoms with Crippen LogP contribution in [0.5, 0.6) is 0 Å². The molecule has 2 N–H and O–H groups in total. The molecule has 0 atom stereocenters. The van der Waals surface area contributed by atoms with Crippen LogP contribution in [0, 0.1) is 10.1 Å². The van der Waals surface area contributed by atoms with Crippen molar-refractivity contribution in [1.82, 2.24) is 9.88 Å². The van der Waals surface area contributed by atoms with Gasteiger partial charge in [-0.3, -0.25) is 29.1 Å². The van der Waals surface area contributed by atoms with E-state index in [1.165, 1.54) is 18.2 Å². The highest BCUT2D eigenvalue weighted by Gasteiger charge is 2.14. The summed E-state index contributed by atoms with van der Waals surface area (Å²) in [6.45, 7) is 3.35. The van der Waals surface area contributed by atoms with Gasteiger partial charge in [0.25, 0.3) is 17.2 Å². The highest BCUT2D eigenvalue weighted by Crippen LogP contribution is 2.15. The first kappa shape index (κ1) is 18.6. The molecule has 2 rings (SSSR count). The summed E-state index contributed by atoms with van der Waals surface area (Å²) in [5.41, 5.74) is -0.351. The third-order valence-electron chi connectivity index (χ3n) is 3.35. The Balaban J connectivity index is 2.17. The Kier molecular flexibility index (Phi) is 5.99. The van der Waals surface area contributed by atoms with Crippen LogP contribution in [0.2, 0.25) is 0 Å². The molecule has 0 radical (unpaired) electrons. The Labute approximate surface area is 148 Å². The molecule has 1 aromatic heterocycles. The number of nitrogens with zero attached hydrogens (tertiary/aromatic N) is 2. The highest BCUT2D eigenvalue weighted by molar-refractivity contribution is 6.03. The summed E-state index contributed by atoms with van der Waals surface area (Å²) in [7, 11) is 0. The van der Waals surface area contributed by atoms with Crippen molar-refractivity contribution >= 4 is 23.2 Å². The largest absolute Gasteiger partial charge is 0.349 e. The average molecular weight is 356 g/mol. The van der Waals surface area contributed by atoms with Gasteiger partial charge in [0.2, 0.25) is 5.91 Å². The second-order valence-corrected chi connectivity index (χ2v) is 5.20. The van der Waals surface area contributed by atoms with E-state index in [4.69, 9.17) is 0 Å². The average Bonchev–Trinajstić information content (AvgIpc) is 2.61. The van der Waals surface area contributed by atoms with E-state index < -0.39 is 28.8 Å². The second-order valence-electron chi connectivity index (χ2n) is 5.20. The number of benzene rings is 1. The molecule has 0 fully saturated rings. The Morgan fingerprint density at radius 3 is 2.65 bits per heavy atom. The molecule has 134 valence electrons. The lowest BCUT2D eigenvalue weighted by Gasteiger charge is -2.11. The lowest BCUT2D eigenvalue weighted by atomic mass is 10.1. The van der Waals surface area contributed by atoms with Crippen molar-refractivity contribution in [1.29, 1.82) is 0 Å². The zero-order valence-corrected chi connectivity index (χ0v) is 13.7. The zero-order chi connectivity index (χ0) is 19.1. The van der Waals surface area contributed by atoms with E-state index in [1.807, 2.05) is 0 Å². The third-order valence-corrected chi connectivity index (χ3v) is 3.35. The first-order chi connectivity index (χ1) is 12.4. The molecule has 2 aromatic rings. The Bertz CT molecular complexity index is 919. The number of amides is 2. The lowest BCUT2D eigenvalue weighted by Crippen LogP contribution is -2.29. The summed E-state index contributed by atoms with van der Waals surface area (Å²) in [6, 6.07) is 8.44. The van der Waals surface area contributed by atoms with Crippen LogP contribution in [0.25, 0.3) is 0 Å². The van der Waals surface area contributed by atoms with E-state index in [0.717, 1.165) is 22.9 Å². The van der Waals surface area contributed by atoms with Crippen molar-refractivity contribution in [2.45, 2.75) is 6.54 Å². The number of nitrogens with one attached hydrogen (secondary N) is 2. The Morgan fingerprint density at radius 1 is 1.23 bits per heavy atom. The van der Waals surface area contributed by atoms with Gasteiger partial charge in [0.05, 0.1) is 22.4 Å². The fraction of sp³-hybridized carbons (Fsp3) is 0.118. The molecule has 2 amide bonds. The van der Waals surface area contributed by atoms with Gasteiger partial charge in [-0.15, -0.1) is 6.58 Å². The van der Waals surface area contributed by atoms with Crippen LogP contribution in [0.4, 0.5) is 11.4 Å². The summed E-state index contributed by atoms with van der Waals surface area (Å²) in [4.78, 5) is 46.2. The van der Waals surface area contributed by atoms with Gasteiger partial charge in [-0.05, 0) is 12.1 Å². The molecule has 26 heavy (non-hydrogen) atoms. The number of rotatable bonds is 7. The lowest BCUT2D eigenvalue weighted by molar-refractivity contribution is -0.385. The monoisotopic (exact) mass is 356 g/mol. The summed E-state index contributed by atoms with van der Waals surface area (Å²) >= 11 is 0. The minimum atomic E-state index is -0.660. The van der Waals surface area contributed by atoms with Gasteiger partial charge in [-0.1, -0.05) is 18.2 Å². The summed E-state index contributed by atoms with van der Waals surface area (Å²) < 4.78 is 0.924. The van der Waals surface area contributed by atoms with E-state index in [0.29, 0.717) is 0 Å². The minimum Gasteiger partial charge on any atom is -0.349 e. The molecule has 0 aliphatic heterocycles. The van der Waals surface area contributed by atoms with Gasteiger partial charge in [0, 0.05) is 18.7 Å². The number of nitro groups is 1. The number of carbonyl (C=O) groups excluding carboxylic acids is 2. The molecule has 1 aromatic carbocycles. The van der Waals surface area contributed by atoms with Gasteiger partial charge in [-0.2, -0.15) is 0 Å². The van der Waals surface area contributed by atoms with Crippen LogP contribution in [0.1, 0.15) is 10.4 Å². The Morgan fingerprint density at radius 2 is 1.96 bits per heavy atom. The smallest absolute Gasteiger partial charge is 0.285 e. The van der Waals surface area contributed by atoms with Gasteiger partial charge >= 0.3 is 0 Å². The molecular weight excluding hydrogens is 340 g/mol. The number of pyridine rings is 1. The van der Waals surface area contributed by atoms with Gasteiger partial charge in [0.1, 0.15) is 6.54 Å². The molecule has 9 nitrogen and oxygen atoms in total. The first-order valence-electron chi connectivity index (χ1n) is 7.55. The van der Waals surface area contributed by atoms with Crippen molar-refractivity contribution in [3.8, 4) is 0 Å². The number of anilines is 1. The highest BCUT2D eigenvalue weighted by atomic mass is 16.6. The first-order valence-corrected chi connectivity index (χ1v) is 7.55. The van der Waals surface area contributed by atoms with Crippen molar-refractivity contribution in [3.05, 3.63) is 81.3 Å². The third kappa shape index (κ3) is 4.63. The normalized spacial score (nSPS) is 10.0. The number of carbonyl (C=O) groups is 2. The summed E-state index contributed by atoms with van der Waals surface area (Å²) in [6.07, 6.45) is 2.51. The van der Waals surface area contributed by atoms with Crippen molar-refractivity contribution in [3.63, 3.8) is 0 Å². The van der Waals surface area contributed by atoms with E-state index in [-0.39, 0.29) is 23.5 Å². The number of hydrogen-bond acceptors (Lipinski definition) is 5. The van der Waals surface area contributed by atoms with Crippen LogP contribution >= 0.6 is 0 Å². The standard InChI is InChI=1S/C17H16N4O5/c1-2-9-18-17(24)13-5-3-4-6-14(13)19-15(22)11-20-10-12(21(25)26)7-8-16(20)23/h2-8,10H,1,9,11H2,(H,18,24)(H,19,22). The molecule has 0 bridgehead atoms. The van der Waals surface area contributed by atoms with E-state index in [9.17, 15) is 24.5 Å². The summed E-state index contributed by atoms with van der Waals surface area (Å²) in [5, 5.41) is 15.9. The maximum atomic E-state index is 12.2. The van der Waals surface area contributed by atoms with E-state index in [2.05, 4.69) is 17.2 Å². The summed E-state index contributed by atoms with van der Waals surface area (Å²) in [5.74, 6) is -0.995. The zero-order valence-electron chi connectivity index (χ0n) is 13.7. The predicted molar refractivity (Wildman–Crippen MR) is 95.0 cm³/mol. The number of para-hydroxylation sites is 1. The molecule has 9 heteroatoms. The van der Waals surface area contributed by atoms with Gasteiger partial charge in [0.15, 0.2) is 0 Å². The molecule has 0 unspecified atom stereocenters. The van der Waals surface area contributed by atoms with Gasteiger partial charge < -0.3 is 10.6 Å². The van der Waals surface area contributed by atoms with E-state index >= 15 is 0 Å². The molecule has 1 heterocycles. The number of hydrogen-bond donors (Lipinski definition) is 2.